The molecule has 0 aliphatic carbocycles. The molecule has 0 saturated heterocycles. The van der Waals surface area contributed by atoms with Gasteiger partial charge in [-0.15, -0.1) is 0 Å². The fraction of sp³-hybridized carbons (Fsp3) is 0.385. The molecular formula is C13H21O4Si2. The van der Waals surface area contributed by atoms with Gasteiger partial charge in [-0.1, -0.05) is 24.3 Å². The molecule has 0 heterocycles. The Morgan fingerprint density at radius 3 is 1.89 bits per heavy atom. The minimum absolute atomic E-state index is 0.687. The number of hydrogen-bond acceptors (Lipinski definition) is 4. The highest BCUT2D eigenvalue weighted by molar-refractivity contribution is 6.75. The van der Waals surface area contributed by atoms with Crippen molar-refractivity contribution in [3.8, 4) is 0 Å². The summed E-state index contributed by atoms with van der Waals surface area (Å²) in [4.78, 5) is 0. The predicted octanol–water partition coefficient (Wildman–Crippen LogP) is 2.01. The first-order valence-electron chi connectivity index (χ1n) is 5.97. The van der Waals surface area contributed by atoms with Crippen molar-refractivity contribution in [2.24, 2.45) is 0 Å². The van der Waals surface area contributed by atoms with Gasteiger partial charge in [-0.25, -0.2) is 0 Å². The minimum Gasteiger partial charge on any atom is -0.548 e. The fourth-order valence-corrected chi connectivity index (χ4v) is 3.77. The lowest BCUT2D eigenvalue weighted by atomic mass is 10.2. The maximum absolute atomic E-state index is 5.46. The van der Waals surface area contributed by atoms with Crippen LogP contribution in [0.25, 0.3) is 6.08 Å². The Bertz CT molecular complexity index is 391. The van der Waals surface area contributed by atoms with Gasteiger partial charge in [-0.3, -0.25) is 0 Å². The fourth-order valence-electron chi connectivity index (χ4n) is 1.65. The van der Waals surface area contributed by atoms with Crippen LogP contribution in [0.2, 0.25) is 13.1 Å². The van der Waals surface area contributed by atoms with Gasteiger partial charge in [0.1, 0.15) is 0 Å². The van der Waals surface area contributed by atoms with E-state index in [9.17, 15) is 0 Å². The quantitative estimate of drug-likeness (QED) is 0.570. The molecule has 1 aromatic carbocycles. The van der Waals surface area contributed by atoms with Gasteiger partial charge in [0.05, 0.1) is 6.26 Å². The molecule has 0 N–H and O–H groups in total. The highest BCUT2D eigenvalue weighted by Gasteiger charge is 2.40. The first-order valence-corrected chi connectivity index (χ1v) is 10.1. The van der Waals surface area contributed by atoms with Crippen LogP contribution in [0, 0.1) is 0 Å². The van der Waals surface area contributed by atoms with E-state index in [1.165, 1.54) is 0 Å². The molecule has 0 aliphatic heterocycles. The van der Waals surface area contributed by atoms with Gasteiger partial charge in [0.25, 0.3) is 9.04 Å². The zero-order valence-corrected chi connectivity index (χ0v) is 14.1. The lowest BCUT2D eigenvalue weighted by molar-refractivity contribution is 0.140. The molecule has 105 valence electrons. The smallest absolute Gasteiger partial charge is 0.536 e. The lowest BCUT2D eigenvalue weighted by Crippen LogP contribution is -2.54. The topological polar surface area (TPSA) is 36.9 Å². The van der Waals surface area contributed by atoms with Crippen LogP contribution in [0.5, 0.6) is 0 Å². The Morgan fingerprint density at radius 1 is 0.947 bits per heavy atom. The summed E-state index contributed by atoms with van der Waals surface area (Å²) < 4.78 is 21.8. The van der Waals surface area contributed by atoms with Gasteiger partial charge in [-0.05, 0) is 24.7 Å². The highest BCUT2D eigenvalue weighted by Crippen LogP contribution is 2.09. The maximum atomic E-state index is 5.46. The molecule has 4 nitrogen and oxygen atoms in total. The summed E-state index contributed by atoms with van der Waals surface area (Å²) in [5, 5.41) is 0.939. The largest absolute Gasteiger partial charge is 0.548 e. The molecule has 1 aromatic rings. The average molecular weight is 297 g/mol. The Kier molecular flexibility index (Phi) is 6.46. The average Bonchev–Trinajstić information content (AvgIpc) is 2.42. The van der Waals surface area contributed by atoms with Gasteiger partial charge in [0, 0.05) is 26.5 Å². The van der Waals surface area contributed by atoms with E-state index in [1.807, 2.05) is 30.3 Å². The molecule has 0 amide bonds. The van der Waals surface area contributed by atoms with Crippen molar-refractivity contribution in [3.05, 3.63) is 36.1 Å². The highest BCUT2D eigenvalue weighted by atomic mass is 28.4. The van der Waals surface area contributed by atoms with Crippen LogP contribution in [0.1, 0.15) is 5.56 Å². The maximum Gasteiger partial charge on any atom is 0.536 e. The van der Waals surface area contributed by atoms with E-state index in [0.29, 0.717) is 0 Å². The van der Waals surface area contributed by atoms with E-state index in [1.54, 1.807) is 27.6 Å². The Hall–Kier alpha value is -0.926. The van der Waals surface area contributed by atoms with Crippen LogP contribution in [0.15, 0.2) is 30.5 Å². The molecular weight excluding hydrogens is 276 g/mol. The van der Waals surface area contributed by atoms with Crippen molar-refractivity contribution in [3.63, 3.8) is 0 Å². The Balaban J connectivity index is 2.83. The molecule has 0 aliphatic rings. The van der Waals surface area contributed by atoms with E-state index in [0.717, 1.165) is 10.8 Å². The van der Waals surface area contributed by atoms with Gasteiger partial charge in [-0.2, -0.15) is 0 Å². The monoisotopic (exact) mass is 297 g/mol. The Labute approximate surface area is 118 Å². The van der Waals surface area contributed by atoms with Gasteiger partial charge in [0.2, 0.25) is 0 Å². The third kappa shape index (κ3) is 4.29. The van der Waals surface area contributed by atoms with Crippen molar-refractivity contribution in [2.75, 3.05) is 21.3 Å². The molecule has 6 heteroatoms. The summed E-state index contributed by atoms with van der Waals surface area (Å²) in [7, 11) is 1.41. The first kappa shape index (κ1) is 16.1. The van der Waals surface area contributed by atoms with E-state index < -0.39 is 17.8 Å². The van der Waals surface area contributed by atoms with E-state index >= 15 is 0 Å². The molecule has 0 bridgehead atoms. The van der Waals surface area contributed by atoms with Crippen LogP contribution in [0.4, 0.5) is 0 Å². The molecule has 0 aromatic heterocycles. The molecule has 0 unspecified atom stereocenters. The third-order valence-corrected chi connectivity index (χ3v) is 5.89. The second-order valence-corrected chi connectivity index (χ2v) is 9.09. The summed E-state index contributed by atoms with van der Waals surface area (Å²) in [5.74, 6) is 0. The number of benzene rings is 1. The number of hydrogen-bond donors (Lipinski definition) is 0. The van der Waals surface area contributed by atoms with Crippen LogP contribution in [0.3, 0.4) is 0 Å². The molecule has 1 rings (SSSR count). The summed E-state index contributed by atoms with van der Waals surface area (Å²) >= 11 is 0. The van der Waals surface area contributed by atoms with Gasteiger partial charge >= 0.3 is 8.80 Å². The van der Waals surface area contributed by atoms with Crippen LogP contribution >= 0.6 is 0 Å². The van der Waals surface area contributed by atoms with Crippen LogP contribution in [-0.4, -0.2) is 39.2 Å². The van der Waals surface area contributed by atoms with E-state index in [-0.39, 0.29) is 0 Å². The molecule has 0 fully saturated rings. The summed E-state index contributed by atoms with van der Waals surface area (Å²) in [6.45, 7) is 4.18. The standard InChI is InChI=1S/C13H21O4Si2/c1-14-19(15-2,16-3)13-8-6-12(7-9-13)10-11-17-18(4)5/h6-11H,1-5H3. The van der Waals surface area contributed by atoms with Crippen molar-refractivity contribution in [1.29, 1.82) is 0 Å². The normalized spacial score (nSPS) is 12.3. The molecule has 0 saturated carbocycles. The van der Waals surface area contributed by atoms with Gasteiger partial charge in [0.15, 0.2) is 0 Å². The second kappa shape index (κ2) is 7.61. The van der Waals surface area contributed by atoms with Crippen LogP contribution < -0.4 is 5.19 Å². The summed E-state index contributed by atoms with van der Waals surface area (Å²) in [5.41, 5.74) is 1.07. The molecule has 19 heavy (non-hydrogen) atoms. The molecule has 0 spiro atoms. The molecule has 1 radical (unpaired) electrons. The van der Waals surface area contributed by atoms with E-state index in [2.05, 4.69) is 13.1 Å². The predicted molar refractivity (Wildman–Crippen MR) is 80.5 cm³/mol. The van der Waals surface area contributed by atoms with Crippen molar-refractivity contribution < 1.29 is 17.7 Å². The van der Waals surface area contributed by atoms with Crippen molar-refractivity contribution in [2.45, 2.75) is 13.1 Å². The van der Waals surface area contributed by atoms with E-state index in [4.69, 9.17) is 17.7 Å². The van der Waals surface area contributed by atoms with Crippen molar-refractivity contribution in [1.82, 2.24) is 0 Å². The zero-order valence-electron chi connectivity index (χ0n) is 12.1. The minimum atomic E-state index is -2.72. The number of rotatable bonds is 7. The Morgan fingerprint density at radius 2 is 1.47 bits per heavy atom. The van der Waals surface area contributed by atoms with Crippen LogP contribution in [-0.2, 0) is 17.7 Å². The first-order chi connectivity index (χ1) is 9.07. The summed E-state index contributed by atoms with van der Waals surface area (Å²) in [6.07, 6.45) is 3.69. The third-order valence-electron chi connectivity index (χ3n) is 2.63. The second-order valence-electron chi connectivity index (χ2n) is 4.12. The zero-order chi connectivity index (χ0) is 14.3. The summed E-state index contributed by atoms with van der Waals surface area (Å²) in [6, 6.07) is 7.91. The SMILES string of the molecule is CO[Si](OC)(OC)c1ccc(C=CO[Si](C)C)cc1. The lowest BCUT2D eigenvalue weighted by Gasteiger charge is -2.24. The molecule has 0 atom stereocenters. The van der Waals surface area contributed by atoms with Crippen molar-refractivity contribution >= 4 is 29.1 Å². The van der Waals surface area contributed by atoms with Gasteiger partial charge < -0.3 is 17.7 Å².